The van der Waals surface area contributed by atoms with Crippen LogP contribution in [0.5, 0.6) is 0 Å². The van der Waals surface area contributed by atoms with Gasteiger partial charge in [-0.2, -0.15) is 0 Å². The van der Waals surface area contributed by atoms with Crippen molar-refractivity contribution in [2.75, 3.05) is 0 Å². The Hall–Kier alpha value is -1.95. The van der Waals surface area contributed by atoms with Gasteiger partial charge in [0.05, 0.1) is 16.9 Å². The summed E-state index contributed by atoms with van der Waals surface area (Å²) in [6.45, 7) is 4.77. The molecular weight excluding hydrogens is 250 g/mol. The molecule has 0 spiro atoms. The minimum Gasteiger partial charge on any atom is -0.458 e. The number of hydrogen-bond donors (Lipinski definition) is 1. The Bertz CT molecular complexity index is 455. The number of esters is 1. The maximum atomic E-state index is 11.7. The molecule has 0 aliphatic rings. The molecule has 0 aromatic heterocycles. The van der Waals surface area contributed by atoms with Crippen LogP contribution in [0.3, 0.4) is 0 Å². The zero-order valence-electron chi connectivity index (χ0n) is 11.1. The molecule has 0 aliphatic heterocycles. The first-order valence-electron chi connectivity index (χ1n) is 5.96. The minimum absolute atomic E-state index is 0.0142. The molecule has 0 amide bonds. The summed E-state index contributed by atoms with van der Waals surface area (Å²) in [5, 5.41) is 19.8. The standard InChI is InChI=1S/C13H17NO5/c1-8(9(2)15)13(16)19-10(3)11-4-6-12(7-5-11)14(17)18/h4-10,15H,1-3H3/t8-,9+,10-/m1/s1. The third-order valence-electron chi connectivity index (χ3n) is 2.96. The van der Waals surface area contributed by atoms with Crippen LogP contribution in [0.4, 0.5) is 5.69 Å². The predicted octanol–water partition coefficient (Wildman–Crippen LogP) is 2.22. The number of aliphatic hydroxyl groups excluding tert-OH is 1. The average molecular weight is 267 g/mol. The maximum absolute atomic E-state index is 11.7. The Balaban J connectivity index is 2.70. The van der Waals surface area contributed by atoms with Gasteiger partial charge in [0.1, 0.15) is 6.10 Å². The highest BCUT2D eigenvalue weighted by Gasteiger charge is 2.22. The van der Waals surface area contributed by atoms with Crippen molar-refractivity contribution in [3.63, 3.8) is 0 Å². The molecule has 6 heteroatoms. The second kappa shape index (κ2) is 6.29. The van der Waals surface area contributed by atoms with E-state index in [4.69, 9.17) is 4.74 Å². The molecule has 0 bridgehead atoms. The van der Waals surface area contributed by atoms with E-state index in [1.807, 2.05) is 0 Å². The fourth-order valence-corrected chi connectivity index (χ4v) is 1.41. The van der Waals surface area contributed by atoms with Crippen LogP contribution >= 0.6 is 0 Å². The fourth-order valence-electron chi connectivity index (χ4n) is 1.41. The highest BCUT2D eigenvalue weighted by molar-refractivity contribution is 5.72. The molecule has 0 unspecified atom stereocenters. The molecule has 0 aliphatic carbocycles. The lowest BCUT2D eigenvalue weighted by molar-refractivity contribution is -0.384. The number of rotatable bonds is 5. The Labute approximate surface area is 111 Å². The molecule has 1 rings (SSSR count). The number of benzene rings is 1. The lowest BCUT2D eigenvalue weighted by Crippen LogP contribution is -2.25. The number of hydrogen-bond acceptors (Lipinski definition) is 5. The van der Waals surface area contributed by atoms with Crippen LogP contribution in [0.1, 0.15) is 32.4 Å². The number of ether oxygens (including phenoxy) is 1. The van der Waals surface area contributed by atoms with E-state index >= 15 is 0 Å². The van der Waals surface area contributed by atoms with E-state index in [9.17, 15) is 20.0 Å². The zero-order chi connectivity index (χ0) is 14.6. The summed E-state index contributed by atoms with van der Waals surface area (Å²) in [5.74, 6) is -1.11. The van der Waals surface area contributed by atoms with Crippen molar-refractivity contribution in [1.29, 1.82) is 0 Å². The van der Waals surface area contributed by atoms with Gasteiger partial charge in [0.2, 0.25) is 0 Å². The van der Waals surface area contributed by atoms with Crippen molar-refractivity contribution in [3.8, 4) is 0 Å². The Morgan fingerprint density at radius 1 is 1.26 bits per heavy atom. The van der Waals surface area contributed by atoms with E-state index < -0.39 is 29.0 Å². The average Bonchev–Trinajstić information content (AvgIpc) is 2.37. The first-order chi connectivity index (χ1) is 8.82. The highest BCUT2D eigenvalue weighted by Crippen LogP contribution is 2.21. The van der Waals surface area contributed by atoms with E-state index in [-0.39, 0.29) is 5.69 Å². The summed E-state index contributed by atoms with van der Waals surface area (Å²) >= 11 is 0. The number of nitro benzene ring substituents is 1. The van der Waals surface area contributed by atoms with Crippen LogP contribution in [0.2, 0.25) is 0 Å². The van der Waals surface area contributed by atoms with Gasteiger partial charge in [-0.05, 0) is 38.5 Å². The van der Waals surface area contributed by atoms with Crippen LogP contribution in [0.25, 0.3) is 0 Å². The van der Waals surface area contributed by atoms with Crippen LogP contribution in [-0.2, 0) is 9.53 Å². The summed E-state index contributed by atoms with van der Waals surface area (Å²) in [6, 6.07) is 5.81. The molecule has 19 heavy (non-hydrogen) atoms. The van der Waals surface area contributed by atoms with Crippen LogP contribution in [-0.4, -0.2) is 22.1 Å². The van der Waals surface area contributed by atoms with Crippen LogP contribution in [0.15, 0.2) is 24.3 Å². The predicted molar refractivity (Wildman–Crippen MR) is 68.4 cm³/mol. The molecule has 1 aromatic carbocycles. The minimum atomic E-state index is -0.781. The summed E-state index contributed by atoms with van der Waals surface area (Å²) < 4.78 is 5.19. The first kappa shape index (κ1) is 15.1. The Morgan fingerprint density at radius 2 is 1.79 bits per heavy atom. The maximum Gasteiger partial charge on any atom is 0.311 e. The van der Waals surface area contributed by atoms with Gasteiger partial charge in [0.15, 0.2) is 0 Å². The molecule has 0 saturated carbocycles. The van der Waals surface area contributed by atoms with Crippen molar-refractivity contribution >= 4 is 11.7 Å². The Kier molecular flexibility index (Phi) is 5.00. The number of carbonyl (C=O) groups is 1. The summed E-state index contributed by atoms with van der Waals surface area (Å²) in [5.41, 5.74) is 0.649. The van der Waals surface area contributed by atoms with Crippen molar-refractivity contribution < 1.29 is 19.6 Å². The van der Waals surface area contributed by atoms with Crippen molar-refractivity contribution in [3.05, 3.63) is 39.9 Å². The number of nitrogens with zero attached hydrogens (tertiary/aromatic N) is 1. The monoisotopic (exact) mass is 267 g/mol. The van der Waals surface area contributed by atoms with Gasteiger partial charge in [-0.15, -0.1) is 0 Å². The van der Waals surface area contributed by atoms with E-state index in [0.29, 0.717) is 5.56 Å². The van der Waals surface area contributed by atoms with Crippen molar-refractivity contribution in [1.82, 2.24) is 0 Å². The summed E-state index contributed by atoms with van der Waals surface area (Å²) in [4.78, 5) is 21.7. The topological polar surface area (TPSA) is 89.7 Å². The molecule has 3 atom stereocenters. The molecule has 1 aromatic rings. The fraction of sp³-hybridized carbons (Fsp3) is 0.462. The largest absolute Gasteiger partial charge is 0.458 e. The number of carbonyl (C=O) groups excluding carboxylic acids is 1. The van der Waals surface area contributed by atoms with E-state index in [1.165, 1.54) is 19.1 Å². The normalized spacial score (nSPS) is 15.4. The summed E-state index contributed by atoms with van der Waals surface area (Å²) in [6.07, 6.45) is -1.30. The van der Waals surface area contributed by atoms with Gasteiger partial charge >= 0.3 is 5.97 Å². The zero-order valence-corrected chi connectivity index (χ0v) is 11.1. The third kappa shape index (κ3) is 4.03. The molecule has 0 radical (unpaired) electrons. The second-order valence-electron chi connectivity index (χ2n) is 4.46. The first-order valence-corrected chi connectivity index (χ1v) is 5.96. The van der Waals surface area contributed by atoms with Crippen molar-refractivity contribution in [2.24, 2.45) is 5.92 Å². The van der Waals surface area contributed by atoms with Crippen molar-refractivity contribution in [2.45, 2.75) is 33.0 Å². The van der Waals surface area contributed by atoms with E-state index in [1.54, 1.807) is 26.0 Å². The molecule has 6 nitrogen and oxygen atoms in total. The molecule has 0 heterocycles. The molecule has 1 N–H and O–H groups in total. The molecule has 0 fully saturated rings. The van der Waals surface area contributed by atoms with Gasteiger partial charge in [0, 0.05) is 12.1 Å². The third-order valence-corrected chi connectivity index (χ3v) is 2.96. The van der Waals surface area contributed by atoms with Gasteiger partial charge in [0.25, 0.3) is 5.69 Å². The number of non-ortho nitro benzene ring substituents is 1. The van der Waals surface area contributed by atoms with Gasteiger partial charge in [-0.3, -0.25) is 14.9 Å². The lowest BCUT2D eigenvalue weighted by atomic mass is 10.1. The SMILES string of the molecule is C[C@H](O)[C@@H](C)C(=O)O[C@H](C)c1ccc([N+](=O)[O-])cc1. The molecule has 104 valence electrons. The van der Waals surface area contributed by atoms with Gasteiger partial charge < -0.3 is 9.84 Å². The Morgan fingerprint density at radius 3 is 2.21 bits per heavy atom. The number of aliphatic hydroxyl groups is 1. The molecular formula is C13H17NO5. The smallest absolute Gasteiger partial charge is 0.311 e. The van der Waals surface area contributed by atoms with Crippen LogP contribution < -0.4 is 0 Å². The van der Waals surface area contributed by atoms with Crippen LogP contribution in [0, 0.1) is 16.0 Å². The summed E-state index contributed by atoms with van der Waals surface area (Å²) in [7, 11) is 0. The van der Waals surface area contributed by atoms with Gasteiger partial charge in [-0.1, -0.05) is 0 Å². The number of nitro groups is 1. The highest BCUT2D eigenvalue weighted by atomic mass is 16.6. The van der Waals surface area contributed by atoms with Gasteiger partial charge in [-0.25, -0.2) is 0 Å². The van der Waals surface area contributed by atoms with E-state index in [0.717, 1.165) is 0 Å². The van der Waals surface area contributed by atoms with E-state index in [2.05, 4.69) is 0 Å². The molecule has 0 saturated heterocycles. The lowest BCUT2D eigenvalue weighted by Gasteiger charge is -2.18. The second-order valence-corrected chi connectivity index (χ2v) is 4.46. The quantitative estimate of drug-likeness (QED) is 0.502.